The summed E-state index contributed by atoms with van der Waals surface area (Å²) in [5.41, 5.74) is -1.12. The Kier molecular flexibility index (Phi) is 5.52. The second-order valence-corrected chi connectivity index (χ2v) is 5.31. The van der Waals surface area contributed by atoms with Crippen LogP contribution in [0, 0.1) is 0 Å². The Bertz CT molecular complexity index is 180. The number of ether oxygens (including phenoxy) is 1. The molecule has 0 aromatic rings. The van der Waals surface area contributed by atoms with Crippen LogP contribution in [0.4, 0.5) is 4.79 Å². The zero-order valence-electron chi connectivity index (χ0n) is 6.98. The summed E-state index contributed by atoms with van der Waals surface area (Å²) in [6.45, 7) is 3.39. The topological polar surface area (TPSA) is 38.3 Å². The molecule has 0 aliphatic rings. The number of hydrogen-bond acceptors (Lipinski definition) is 2. The second-order valence-electron chi connectivity index (χ2n) is 2.50. The van der Waals surface area contributed by atoms with E-state index in [9.17, 15) is 4.79 Å². The minimum Gasteiger partial charge on any atom is -0.447 e. The van der Waals surface area contributed by atoms with Gasteiger partial charge in [0.1, 0.15) is 0 Å². The van der Waals surface area contributed by atoms with E-state index in [2.05, 4.69) is 5.32 Å². The number of halogens is 4. The van der Waals surface area contributed by atoms with Gasteiger partial charge in [0.25, 0.3) is 0 Å². The van der Waals surface area contributed by atoms with Crippen LogP contribution in [0.3, 0.4) is 0 Å². The monoisotopic (exact) mass is 267 g/mol. The first-order valence-electron chi connectivity index (χ1n) is 3.41. The summed E-state index contributed by atoms with van der Waals surface area (Å²) in [6, 6.07) is 0. The third-order valence-corrected chi connectivity index (χ3v) is 2.30. The van der Waals surface area contributed by atoms with E-state index < -0.39 is 15.4 Å². The molecule has 1 atom stereocenters. The van der Waals surface area contributed by atoms with Gasteiger partial charge in [0.05, 0.1) is 6.10 Å². The molecule has 0 radical (unpaired) electrons. The molecule has 7 heteroatoms. The Morgan fingerprint density at radius 1 is 1.38 bits per heavy atom. The Hall–Kier alpha value is 0.430. The zero-order valence-corrected chi connectivity index (χ0v) is 10.0. The van der Waals surface area contributed by atoms with Crippen LogP contribution >= 0.6 is 46.4 Å². The number of amides is 1. The van der Waals surface area contributed by atoms with Gasteiger partial charge in [-0.25, -0.2) is 4.79 Å². The van der Waals surface area contributed by atoms with Crippen molar-refractivity contribution in [2.75, 3.05) is 0 Å². The zero-order chi connectivity index (χ0) is 10.6. The number of carbonyl (C=O) groups is 1. The van der Waals surface area contributed by atoms with Crippen molar-refractivity contribution >= 4 is 52.5 Å². The van der Waals surface area contributed by atoms with Crippen molar-refractivity contribution in [1.29, 1.82) is 0 Å². The van der Waals surface area contributed by atoms with Gasteiger partial charge < -0.3 is 10.1 Å². The first-order valence-corrected chi connectivity index (χ1v) is 4.98. The van der Waals surface area contributed by atoms with Crippen LogP contribution < -0.4 is 5.32 Å². The van der Waals surface area contributed by atoms with Gasteiger partial charge >= 0.3 is 6.09 Å². The van der Waals surface area contributed by atoms with Gasteiger partial charge in [-0.15, -0.1) is 0 Å². The lowest BCUT2D eigenvalue weighted by molar-refractivity contribution is 0.115. The van der Waals surface area contributed by atoms with Crippen LogP contribution in [0.1, 0.15) is 13.8 Å². The molecule has 0 spiro atoms. The van der Waals surface area contributed by atoms with Crippen LogP contribution in [-0.2, 0) is 4.74 Å². The predicted molar refractivity (Wildman–Crippen MR) is 54.7 cm³/mol. The number of alkyl carbamates (subject to hydrolysis) is 1. The molecule has 0 aliphatic carbocycles. The molecule has 0 heterocycles. The Morgan fingerprint density at radius 2 is 1.85 bits per heavy atom. The molecule has 0 aromatic heterocycles. The average Bonchev–Trinajstić information content (AvgIpc) is 1.82. The maximum absolute atomic E-state index is 10.9. The van der Waals surface area contributed by atoms with Crippen molar-refractivity contribution in [3.63, 3.8) is 0 Å². The lowest BCUT2D eigenvalue weighted by atomic mass is 10.5. The summed E-state index contributed by atoms with van der Waals surface area (Å²) in [7, 11) is 0. The minimum atomic E-state index is -1.75. The number of nitrogens with one attached hydrogen (secondary N) is 1. The van der Waals surface area contributed by atoms with Gasteiger partial charge in [-0.3, -0.25) is 0 Å². The lowest BCUT2D eigenvalue weighted by Gasteiger charge is -2.19. The van der Waals surface area contributed by atoms with Crippen LogP contribution in [0.25, 0.3) is 0 Å². The van der Waals surface area contributed by atoms with Gasteiger partial charge in [0.2, 0.25) is 3.79 Å². The van der Waals surface area contributed by atoms with Crippen molar-refractivity contribution in [3.8, 4) is 0 Å². The van der Waals surface area contributed by atoms with E-state index in [1.54, 1.807) is 13.8 Å². The molecule has 0 aromatic carbocycles. The van der Waals surface area contributed by atoms with Crippen LogP contribution in [0.5, 0.6) is 0 Å². The van der Waals surface area contributed by atoms with E-state index in [1.165, 1.54) is 0 Å². The first kappa shape index (κ1) is 13.4. The molecule has 1 N–H and O–H groups in total. The molecule has 0 rings (SSSR count). The summed E-state index contributed by atoms with van der Waals surface area (Å²) in [5.74, 6) is 0. The quantitative estimate of drug-likeness (QED) is 0.618. The summed E-state index contributed by atoms with van der Waals surface area (Å²) in [6.07, 6.45) is -0.972. The van der Waals surface area contributed by atoms with E-state index >= 15 is 0 Å². The fourth-order valence-electron chi connectivity index (χ4n) is 0.433. The number of hydrogen-bond donors (Lipinski definition) is 1. The highest BCUT2D eigenvalue weighted by Gasteiger charge is 2.32. The molecular formula is C6H9Cl4NO2. The van der Waals surface area contributed by atoms with Gasteiger partial charge in [-0.2, -0.15) is 0 Å². The normalized spacial score (nSPS) is 14.1. The lowest BCUT2D eigenvalue weighted by Crippen LogP contribution is -2.40. The van der Waals surface area contributed by atoms with Gasteiger partial charge in [0.15, 0.2) is 5.50 Å². The van der Waals surface area contributed by atoms with Gasteiger partial charge in [-0.05, 0) is 13.8 Å². The Labute approximate surface area is 96.6 Å². The average molecular weight is 269 g/mol. The van der Waals surface area contributed by atoms with E-state index in [-0.39, 0.29) is 6.10 Å². The second kappa shape index (κ2) is 5.35. The summed E-state index contributed by atoms with van der Waals surface area (Å²) in [5, 5.41) is 2.16. The van der Waals surface area contributed by atoms with Crippen molar-refractivity contribution in [2.45, 2.75) is 29.2 Å². The molecule has 78 valence electrons. The van der Waals surface area contributed by atoms with Gasteiger partial charge in [-0.1, -0.05) is 46.4 Å². The fraction of sp³-hybridized carbons (Fsp3) is 0.833. The third-order valence-electron chi connectivity index (χ3n) is 0.875. The van der Waals surface area contributed by atoms with Gasteiger partial charge in [0, 0.05) is 0 Å². The predicted octanol–water partition coefficient (Wildman–Crippen LogP) is 3.06. The SMILES string of the molecule is CC(C)OC(=O)N[C@H](Cl)C(Cl)(Cl)Cl. The molecule has 3 nitrogen and oxygen atoms in total. The molecule has 0 fully saturated rings. The fourth-order valence-corrected chi connectivity index (χ4v) is 0.686. The van der Waals surface area contributed by atoms with E-state index in [4.69, 9.17) is 51.1 Å². The van der Waals surface area contributed by atoms with Crippen LogP contribution in [-0.4, -0.2) is 21.5 Å². The molecule has 0 bridgehead atoms. The summed E-state index contributed by atoms with van der Waals surface area (Å²) >= 11 is 21.7. The smallest absolute Gasteiger partial charge is 0.408 e. The molecule has 0 saturated carbocycles. The molecular weight excluding hydrogens is 260 g/mol. The summed E-state index contributed by atoms with van der Waals surface area (Å²) < 4.78 is 2.95. The standard InChI is InChI=1S/C6H9Cl4NO2/c1-3(2)13-5(12)11-4(7)6(8,9)10/h3-4H,1-2H3,(H,11,12)/t4-/m0/s1. The highest BCUT2D eigenvalue weighted by molar-refractivity contribution is 6.70. The minimum absolute atomic E-state index is 0.251. The largest absolute Gasteiger partial charge is 0.447 e. The summed E-state index contributed by atoms with van der Waals surface area (Å²) in [4.78, 5) is 10.9. The van der Waals surface area contributed by atoms with Crippen molar-refractivity contribution in [1.82, 2.24) is 5.32 Å². The maximum atomic E-state index is 10.9. The van der Waals surface area contributed by atoms with Crippen molar-refractivity contribution < 1.29 is 9.53 Å². The maximum Gasteiger partial charge on any atom is 0.408 e. The molecule has 0 unspecified atom stereocenters. The number of alkyl halides is 4. The van der Waals surface area contributed by atoms with Crippen LogP contribution in [0.15, 0.2) is 0 Å². The number of rotatable bonds is 2. The highest BCUT2D eigenvalue weighted by atomic mass is 35.6. The third kappa shape index (κ3) is 6.49. The van der Waals surface area contributed by atoms with E-state index in [1.807, 2.05) is 0 Å². The molecule has 0 aliphatic heterocycles. The number of carbonyl (C=O) groups excluding carboxylic acids is 1. The molecule has 13 heavy (non-hydrogen) atoms. The Morgan fingerprint density at radius 3 is 2.15 bits per heavy atom. The Balaban J connectivity index is 3.93. The highest BCUT2D eigenvalue weighted by Crippen LogP contribution is 2.32. The first-order chi connectivity index (χ1) is 5.73. The van der Waals surface area contributed by atoms with Crippen LogP contribution in [0.2, 0.25) is 0 Å². The van der Waals surface area contributed by atoms with E-state index in [0.29, 0.717) is 0 Å². The van der Waals surface area contributed by atoms with Crippen molar-refractivity contribution in [3.05, 3.63) is 0 Å². The molecule has 0 saturated heterocycles. The van der Waals surface area contributed by atoms with E-state index in [0.717, 1.165) is 0 Å². The van der Waals surface area contributed by atoms with Crippen molar-refractivity contribution in [2.24, 2.45) is 0 Å². The molecule has 1 amide bonds.